The second-order valence-corrected chi connectivity index (χ2v) is 7.54. The minimum Gasteiger partial charge on any atom is -0.480 e. The fraction of sp³-hybridized carbons (Fsp3) is 0.250. The summed E-state index contributed by atoms with van der Waals surface area (Å²) in [7, 11) is 1.62. The normalized spacial score (nSPS) is 17.2. The Labute approximate surface area is 166 Å². The highest BCUT2D eigenvalue weighted by Gasteiger charge is 2.31. The topological polar surface area (TPSA) is 105 Å². The van der Waals surface area contributed by atoms with Crippen LogP contribution in [-0.4, -0.2) is 40.6 Å². The summed E-state index contributed by atoms with van der Waals surface area (Å²) >= 11 is 1.01. The van der Waals surface area contributed by atoms with E-state index in [1.807, 2.05) is 36.4 Å². The first-order chi connectivity index (χ1) is 13.4. The van der Waals surface area contributed by atoms with Crippen LogP contribution in [0.3, 0.4) is 0 Å². The van der Waals surface area contributed by atoms with E-state index in [4.69, 9.17) is 9.84 Å². The quantitative estimate of drug-likeness (QED) is 0.625. The lowest BCUT2D eigenvalue weighted by atomic mass is 10.1. The fourth-order valence-corrected chi connectivity index (χ4v) is 3.67. The average Bonchev–Trinajstić information content (AvgIpc) is 2.99. The van der Waals surface area contributed by atoms with Gasteiger partial charge in [-0.25, -0.2) is 0 Å². The number of carbonyl (C=O) groups is 3. The van der Waals surface area contributed by atoms with Gasteiger partial charge >= 0.3 is 5.97 Å². The highest BCUT2D eigenvalue weighted by molar-refractivity contribution is 8.15. The van der Waals surface area contributed by atoms with E-state index in [9.17, 15) is 14.4 Å². The van der Waals surface area contributed by atoms with Gasteiger partial charge in [0, 0.05) is 0 Å². The second-order valence-electron chi connectivity index (χ2n) is 6.36. The zero-order chi connectivity index (χ0) is 20.1. The number of amides is 2. The van der Waals surface area contributed by atoms with E-state index in [2.05, 4.69) is 10.6 Å². The van der Waals surface area contributed by atoms with Crippen molar-refractivity contribution in [1.29, 1.82) is 0 Å². The van der Waals surface area contributed by atoms with Gasteiger partial charge in [0.25, 0.3) is 5.24 Å². The molecule has 3 N–H and O–H groups in total. The number of imide groups is 1. The summed E-state index contributed by atoms with van der Waals surface area (Å²) in [6.45, 7) is 0. The number of thioether (sulfide) groups is 1. The Balaban J connectivity index is 1.57. The maximum atomic E-state index is 11.6. The number of hydrogen-bond acceptors (Lipinski definition) is 6. The number of likely N-dealkylation sites (N-methyl/N-ethyl adjacent to an activating group) is 1. The highest BCUT2D eigenvalue weighted by atomic mass is 32.2. The van der Waals surface area contributed by atoms with Crippen molar-refractivity contribution in [2.24, 2.45) is 0 Å². The van der Waals surface area contributed by atoms with Gasteiger partial charge in [-0.3, -0.25) is 19.7 Å². The van der Waals surface area contributed by atoms with E-state index in [0.29, 0.717) is 24.3 Å². The average molecular weight is 400 g/mol. The number of carbonyl (C=O) groups excluding carboxylic acids is 2. The Hall–Kier alpha value is -2.84. The monoisotopic (exact) mass is 400 g/mol. The van der Waals surface area contributed by atoms with E-state index in [0.717, 1.165) is 22.9 Å². The van der Waals surface area contributed by atoms with Crippen molar-refractivity contribution in [2.45, 2.75) is 24.1 Å². The first kappa shape index (κ1) is 19.9. The molecule has 146 valence electrons. The molecule has 0 radical (unpaired) electrons. The minimum atomic E-state index is -0.888. The second kappa shape index (κ2) is 8.90. The van der Waals surface area contributed by atoms with Gasteiger partial charge in [-0.05, 0) is 55.3 Å². The summed E-state index contributed by atoms with van der Waals surface area (Å²) in [6, 6.07) is 14.0. The number of nitrogens with one attached hydrogen (secondary N) is 2. The molecule has 1 aliphatic heterocycles. The Morgan fingerprint density at radius 3 is 2.14 bits per heavy atom. The molecule has 3 rings (SSSR count). The molecule has 0 aliphatic carbocycles. The van der Waals surface area contributed by atoms with Gasteiger partial charge in [0.1, 0.15) is 17.5 Å². The first-order valence-electron chi connectivity index (χ1n) is 8.72. The van der Waals surface area contributed by atoms with E-state index in [1.54, 1.807) is 19.2 Å². The van der Waals surface area contributed by atoms with Gasteiger partial charge in [0.2, 0.25) is 5.91 Å². The van der Waals surface area contributed by atoms with Crippen LogP contribution in [0.5, 0.6) is 11.5 Å². The Bertz CT molecular complexity index is 867. The van der Waals surface area contributed by atoms with Crippen LogP contribution in [0.1, 0.15) is 11.1 Å². The van der Waals surface area contributed by atoms with E-state index >= 15 is 0 Å². The van der Waals surface area contributed by atoms with E-state index in [1.165, 1.54) is 0 Å². The molecule has 2 aromatic carbocycles. The van der Waals surface area contributed by atoms with Crippen molar-refractivity contribution in [3.8, 4) is 11.5 Å². The summed E-state index contributed by atoms with van der Waals surface area (Å²) in [6.07, 6.45) is 0.865. The number of ether oxygens (including phenoxy) is 1. The zero-order valence-electron chi connectivity index (χ0n) is 15.2. The van der Waals surface area contributed by atoms with Gasteiger partial charge in [-0.1, -0.05) is 36.0 Å². The van der Waals surface area contributed by atoms with Crippen molar-refractivity contribution in [3.05, 3.63) is 59.7 Å². The number of aliphatic carboxylic acids is 1. The molecular weight excluding hydrogens is 380 g/mol. The SMILES string of the molecule is CN[C@@H](Cc1ccc(Oc2ccc(CC3SC(=O)NC3=O)cc2)cc1)C(=O)O. The van der Waals surface area contributed by atoms with Crippen molar-refractivity contribution in [1.82, 2.24) is 10.6 Å². The molecule has 2 aromatic rings. The van der Waals surface area contributed by atoms with Crippen molar-refractivity contribution >= 4 is 28.9 Å². The van der Waals surface area contributed by atoms with Crippen LogP contribution < -0.4 is 15.4 Å². The van der Waals surface area contributed by atoms with Gasteiger partial charge in [0.15, 0.2) is 0 Å². The lowest BCUT2D eigenvalue weighted by Gasteiger charge is -2.12. The summed E-state index contributed by atoms with van der Waals surface area (Å²) in [5.41, 5.74) is 1.84. The molecule has 7 nitrogen and oxygen atoms in total. The number of rotatable bonds is 8. The largest absolute Gasteiger partial charge is 0.480 e. The molecule has 1 saturated heterocycles. The molecule has 2 amide bonds. The molecule has 2 atom stereocenters. The van der Waals surface area contributed by atoms with Crippen LogP contribution in [0.2, 0.25) is 0 Å². The lowest BCUT2D eigenvalue weighted by molar-refractivity contribution is -0.139. The predicted molar refractivity (Wildman–Crippen MR) is 106 cm³/mol. The molecule has 28 heavy (non-hydrogen) atoms. The lowest BCUT2D eigenvalue weighted by Crippen LogP contribution is -2.35. The first-order valence-corrected chi connectivity index (χ1v) is 9.60. The van der Waals surface area contributed by atoms with Gasteiger partial charge in [0.05, 0.1) is 5.25 Å². The molecule has 0 aromatic heterocycles. The maximum absolute atomic E-state index is 11.6. The Morgan fingerprint density at radius 2 is 1.68 bits per heavy atom. The molecular formula is C20H20N2O5S. The fourth-order valence-electron chi connectivity index (χ4n) is 2.81. The maximum Gasteiger partial charge on any atom is 0.321 e. The minimum absolute atomic E-state index is 0.251. The molecule has 1 heterocycles. The predicted octanol–water partition coefficient (Wildman–Crippen LogP) is 2.59. The summed E-state index contributed by atoms with van der Waals surface area (Å²) in [4.78, 5) is 33.9. The summed E-state index contributed by atoms with van der Waals surface area (Å²) in [5.74, 6) is 0.151. The molecule has 8 heteroatoms. The smallest absolute Gasteiger partial charge is 0.321 e. The summed E-state index contributed by atoms with van der Waals surface area (Å²) in [5, 5.41) is 13.4. The van der Waals surface area contributed by atoms with Gasteiger partial charge in [-0.2, -0.15) is 0 Å². The number of hydrogen-bond donors (Lipinski definition) is 3. The van der Waals surface area contributed by atoms with E-state index in [-0.39, 0.29) is 16.4 Å². The van der Waals surface area contributed by atoms with Crippen molar-refractivity contribution < 1.29 is 24.2 Å². The number of carboxylic acid groups (broad SMARTS) is 1. The Morgan fingerprint density at radius 1 is 1.11 bits per heavy atom. The Kier molecular flexibility index (Phi) is 6.33. The van der Waals surface area contributed by atoms with Gasteiger partial charge in [-0.15, -0.1) is 0 Å². The molecule has 1 aliphatic rings. The highest BCUT2D eigenvalue weighted by Crippen LogP contribution is 2.26. The van der Waals surface area contributed by atoms with Crippen LogP contribution in [-0.2, 0) is 22.4 Å². The van der Waals surface area contributed by atoms with Crippen LogP contribution in [0, 0.1) is 0 Å². The summed E-state index contributed by atoms with van der Waals surface area (Å²) < 4.78 is 5.80. The van der Waals surface area contributed by atoms with Crippen LogP contribution >= 0.6 is 11.8 Å². The van der Waals surface area contributed by atoms with Crippen LogP contribution in [0.25, 0.3) is 0 Å². The van der Waals surface area contributed by atoms with Gasteiger partial charge < -0.3 is 15.2 Å². The standard InChI is InChI=1S/C20H20N2O5S/c1-21-16(19(24)25)10-12-2-6-14(7-3-12)27-15-8-4-13(5-9-15)11-17-18(23)22-20(26)28-17/h2-9,16-17,21H,10-11H2,1H3,(H,24,25)(H,22,23,26)/t16-,17?/m0/s1. The number of carboxylic acids is 1. The third kappa shape index (κ3) is 5.11. The molecule has 0 bridgehead atoms. The third-order valence-corrected chi connectivity index (χ3v) is 5.34. The molecule has 0 spiro atoms. The van der Waals surface area contributed by atoms with E-state index < -0.39 is 12.0 Å². The van der Waals surface area contributed by atoms with Crippen molar-refractivity contribution in [2.75, 3.05) is 7.05 Å². The van der Waals surface area contributed by atoms with Crippen LogP contribution in [0.15, 0.2) is 48.5 Å². The van der Waals surface area contributed by atoms with Crippen molar-refractivity contribution in [3.63, 3.8) is 0 Å². The third-order valence-electron chi connectivity index (χ3n) is 4.36. The number of benzene rings is 2. The molecule has 1 fully saturated rings. The zero-order valence-corrected chi connectivity index (χ0v) is 16.0. The molecule has 0 saturated carbocycles. The molecule has 1 unspecified atom stereocenters. The van der Waals surface area contributed by atoms with Crippen LogP contribution in [0.4, 0.5) is 4.79 Å².